The fourth-order valence-electron chi connectivity index (χ4n) is 5.86. The summed E-state index contributed by atoms with van der Waals surface area (Å²) in [6, 6.07) is 25.7. The van der Waals surface area contributed by atoms with E-state index >= 15 is 0 Å². The molecule has 10 heteroatoms. The van der Waals surface area contributed by atoms with Crippen LogP contribution in [0.4, 0.5) is 11.4 Å². The van der Waals surface area contributed by atoms with E-state index in [0.717, 1.165) is 28.8 Å². The van der Waals surface area contributed by atoms with E-state index in [9.17, 15) is 24.0 Å². The number of carbonyl (C=O) groups is 5. The van der Waals surface area contributed by atoms with Gasteiger partial charge in [0, 0.05) is 41.3 Å². The molecule has 2 aliphatic carbocycles. The lowest BCUT2D eigenvalue weighted by Gasteiger charge is -2.04. The van der Waals surface area contributed by atoms with Gasteiger partial charge in [0.05, 0.1) is 31.0 Å². The summed E-state index contributed by atoms with van der Waals surface area (Å²) >= 11 is 0. The molecule has 248 valence electrons. The van der Waals surface area contributed by atoms with E-state index in [-0.39, 0.29) is 25.1 Å². The molecule has 0 saturated carbocycles. The van der Waals surface area contributed by atoms with E-state index in [0.29, 0.717) is 51.6 Å². The smallest absolute Gasteiger partial charge is 0.308 e. The van der Waals surface area contributed by atoms with Crippen molar-refractivity contribution in [2.24, 2.45) is 0 Å². The number of carbonyl (C=O) groups excluding carboxylic acids is 5. The number of fused-ring (bicyclic) bond motifs is 4. The maximum Gasteiger partial charge on any atom is 0.308 e. The van der Waals surface area contributed by atoms with E-state index in [2.05, 4.69) is 10.6 Å². The van der Waals surface area contributed by atoms with E-state index in [1.165, 1.54) is 19.6 Å². The Balaban J connectivity index is 0.000000150. The third-order valence-corrected chi connectivity index (χ3v) is 8.15. The topological polar surface area (TPSA) is 137 Å². The quantitative estimate of drug-likeness (QED) is 0.146. The first-order valence-corrected chi connectivity index (χ1v) is 15.0. The molecule has 0 spiro atoms. The van der Waals surface area contributed by atoms with Crippen LogP contribution in [0.1, 0.15) is 57.3 Å². The minimum absolute atomic E-state index is 0. The summed E-state index contributed by atoms with van der Waals surface area (Å²) in [6.07, 6.45) is 3.29. The highest BCUT2D eigenvalue weighted by atomic mass is 16.5. The number of allylic oxidation sites excluding steroid dienone is 2. The van der Waals surface area contributed by atoms with Crippen LogP contribution in [-0.2, 0) is 32.0 Å². The number of nitrogens with one attached hydrogen (secondary N) is 2. The van der Waals surface area contributed by atoms with Crippen molar-refractivity contribution in [1.29, 1.82) is 0 Å². The van der Waals surface area contributed by atoms with Crippen LogP contribution in [0, 0.1) is 0 Å². The van der Waals surface area contributed by atoms with Crippen molar-refractivity contribution in [3.63, 3.8) is 0 Å². The van der Waals surface area contributed by atoms with Gasteiger partial charge in [-0.2, -0.15) is 0 Å². The van der Waals surface area contributed by atoms with E-state index in [1.54, 1.807) is 43.5 Å². The van der Waals surface area contributed by atoms with Crippen LogP contribution in [0.2, 0.25) is 0 Å². The van der Waals surface area contributed by atoms with Gasteiger partial charge in [0.25, 0.3) is 17.6 Å². The summed E-state index contributed by atoms with van der Waals surface area (Å²) in [6.45, 7) is 1.42. The molecule has 2 aliphatic heterocycles. The lowest BCUT2D eigenvalue weighted by Crippen LogP contribution is -2.12. The van der Waals surface area contributed by atoms with Crippen LogP contribution in [0.25, 0.3) is 11.3 Å². The summed E-state index contributed by atoms with van der Waals surface area (Å²) in [4.78, 5) is 57.8. The number of rotatable bonds is 3. The summed E-state index contributed by atoms with van der Waals surface area (Å²) in [5, 5.41) is 5.27. The average molecular weight is 659 g/mol. The molecule has 4 aliphatic rings. The van der Waals surface area contributed by atoms with Crippen LogP contribution in [0.5, 0.6) is 11.5 Å². The van der Waals surface area contributed by atoms with Crippen molar-refractivity contribution < 1.29 is 38.2 Å². The number of methoxy groups -OCH3 is 2. The standard InChI is InChI=1S/C18H13NO3.C11H10O2.C9H7NO3.CH4/c1-22-11-6-7-15-13(9-11)16(18(21)19-15)14-8-10-4-2-3-5-12(10)17(14)20;1-8(12)13-11-7-6-9-4-2-3-5-10(9)11;1-13-5-2-3-7-6(4-5)8(11)9(12)10-7;/h2-7,9H,8H2,1H3,(H,19,21);2-5,7H,6H2,1H3;2-4H,1H3,(H,10,11,12);1H4/b16-14+;;;. The van der Waals surface area contributed by atoms with Gasteiger partial charge in [0.1, 0.15) is 17.3 Å². The second-order valence-corrected chi connectivity index (χ2v) is 11.1. The minimum Gasteiger partial charge on any atom is -0.497 e. The van der Waals surface area contributed by atoms with E-state index in [4.69, 9.17) is 14.2 Å². The first-order chi connectivity index (χ1) is 23.2. The van der Waals surface area contributed by atoms with Gasteiger partial charge >= 0.3 is 5.97 Å². The van der Waals surface area contributed by atoms with Gasteiger partial charge in [-0.05, 0) is 60.0 Å². The van der Waals surface area contributed by atoms with Gasteiger partial charge in [0.15, 0.2) is 5.78 Å². The fourth-order valence-corrected chi connectivity index (χ4v) is 5.86. The molecule has 0 unspecified atom stereocenters. The van der Waals surface area contributed by atoms with Crippen molar-refractivity contribution in [1.82, 2.24) is 0 Å². The Bertz CT molecular complexity index is 2090. The molecular formula is C39H34N2O8. The lowest BCUT2D eigenvalue weighted by molar-refractivity contribution is -0.134. The minimum atomic E-state index is -0.580. The van der Waals surface area contributed by atoms with E-state index in [1.807, 2.05) is 54.6 Å². The first-order valence-electron chi connectivity index (χ1n) is 15.0. The van der Waals surface area contributed by atoms with E-state index < -0.39 is 11.7 Å². The molecule has 49 heavy (non-hydrogen) atoms. The van der Waals surface area contributed by atoms with Crippen molar-refractivity contribution in [3.05, 3.63) is 130 Å². The molecule has 0 radical (unpaired) electrons. The number of hydrogen-bond acceptors (Lipinski definition) is 8. The molecule has 0 fully saturated rings. The van der Waals surface area contributed by atoms with Crippen LogP contribution in [0.3, 0.4) is 0 Å². The Morgan fingerprint density at radius 3 is 1.86 bits per heavy atom. The fraction of sp³-hybridized carbons (Fsp3) is 0.154. The number of ketones is 2. The van der Waals surface area contributed by atoms with Crippen molar-refractivity contribution >= 4 is 52.1 Å². The Kier molecular flexibility index (Phi) is 9.89. The predicted octanol–water partition coefficient (Wildman–Crippen LogP) is 6.45. The molecule has 4 aromatic rings. The molecule has 2 N–H and O–H groups in total. The zero-order chi connectivity index (χ0) is 33.9. The third-order valence-electron chi connectivity index (χ3n) is 8.15. The van der Waals surface area contributed by atoms with Gasteiger partial charge in [-0.1, -0.05) is 56.0 Å². The molecule has 4 aromatic carbocycles. The Morgan fingerprint density at radius 2 is 1.22 bits per heavy atom. The molecule has 0 saturated heterocycles. The number of esters is 1. The van der Waals surface area contributed by atoms with Crippen LogP contribution in [0.15, 0.2) is 96.6 Å². The molecule has 10 nitrogen and oxygen atoms in total. The second kappa shape index (κ2) is 14.2. The van der Waals surface area contributed by atoms with Crippen molar-refractivity contribution in [3.8, 4) is 11.5 Å². The number of amides is 2. The molecule has 0 atom stereocenters. The predicted molar refractivity (Wildman–Crippen MR) is 186 cm³/mol. The molecule has 2 amide bonds. The Hall–Kier alpha value is -6.29. The number of anilines is 2. The number of benzene rings is 4. The molecular weight excluding hydrogens is 624 g/mol. The Labute approximate surface area is 283 Å². The molecule has 2 heterocycles. The van der Waals surface area contributed by atoms with Gasteiger partial charge in [0.2, 0.25) is 0 Å². The molecule has 8 rings (SSSR count). The largest absolute Gasteiger partial charge is 0.497 e. The SMILES string of the molecule is C.CC(=O)OC1=CCc2ccccc21.COc1ccc2c(c1)/C(=C1/Cc3ccccc3C1=O)C(=O)N2.COc1ccc2c(c1)C(=O)C(=O)N2. The summed E-state index contributed by atoms with van der Waals surface area (Å²) in [7, 11) is 3.09. The van der Waals surface area contributed by atoms with Gasteiger partial charge in [-0.3, -0.25) is 24.0 Å². The molecule has 0 bridgehead atoms. The summed E-state index contributed by atoms with van der Waals surface area (Å²) < 4.78 is 15.2. The number of Topliss-reactive ketones (excluding diaryl/α,β-unsaturated/α-hetero) is 2. The second-order valence-electron chi connectivity index (χ2n) is 11.1. The highest BCUT2D eigenvalue weighted by Crippen LogP contribution is 2.40. The van der Waals surface area contributed by atoms with Crippen LogP contribution < -0.4 is 20.1 Å². The summed E-state index contributed by atoms with van der Waals surface area (Å²) in [5.41, 5.74) is 7.34. The van der Waals surface area contributed by atoms with Crippen LogP contribution >= 0.6 is 0 Å². The monoisotopic (exact) mass is 658 g/mol. The van der Waals surface area contributed by atoms with Crippen molar-refractivity contribution in [2.45, 2.75) is 27.2 Å². The van der Waals surface area contributed by atoms with Gasteiger partial charge in [-0.25, -0.2) is 0 Å². The Morgan fingerprint density at radius 1 is 0.653 bits per heavy atom. The van der Waals surface area contributed by atoms with Crippen molar-refractivity contribution in [2.75, 3.05) is 24.9 Å². The highest BCUT2D eigenvalue weighted by Gasteiger charge is 2.35. The van der Waals surface area contributed by atoms with Gasteiger partial charge < -0.3 is 24.8 Å². The summed E-state index contributed by atoms with van der Waals surface area (Å²) in [5.74, 6) is 0.305. The number of ether oxygens (including phenoxy) is 3. The maximum atomic E-state index is 12.6. The normalized spacial score (nSPS) is 15.8. The third kappa shape index (κ3) is 6.75. The number of hydrogen-bond donors (Lipinski definition) is 2. The van der Waals surface area contributed by atoms with Crippen LogP contribution in [-0.4, -0.2) is 43.6 Å². The average Bonchev–Trinajstić information content (AvgIpc) is 3.83. The van der Waals surface area contributed by atoms with Gasteiger partial charge in [-0.15, -0.1) is 0 Å². The first kappa shape index (κ1) is 34.1. The lowest BCUT2D eigenvalue weighted by atomic mass is 9.98. The zero-order valence-electron chi connectivity index (χ0n) is 26.3. The molecule has 0 aromatic heterocycles. The maximum absolute atomic E-state index is 12.6. The highest BCUT2D eigenvalue weighted by molar-refractivity contribution is 6.51. The zero-order valence-corrected chi connectivity index (χ0v) is 26.3.